The van der Waals surface area contributed by atoms with Gasteiger partial charge in [0.05, 0.1) is 11.4 Å². The Labute approximate surface area is 122 Å². The van der Waals surface area contributed by atoms with Crippen LogP contribution >= 0.6 is 0 Å². The number of hydrogen-bond donors (Lipinski definition) is 1. The molecule has 3 nitrogen and oxygen atoms in total. The van der Waals surface area contributed by atoms with E-state index in [-0.39, 0.29) is 11.8 Å². The fraction of sp³-hybridized carbons (Fsp3) is 0.0588. The molecule has 104 valence electrons. The van der Waals surface area contributed by atoms with Crippen LogP contribution in [0.15, 0.2) is 54.6 Å². The topological polar surface area (TPSA) is 51.8 Å². The SMILES string of the molecule is Cc1ccccc1-c1cc(-c2cccc(F)c2)nc(N)n1. The lowest BCUT2D eigenvalue weighted by Gasteiger charge is -2.08. The Bertz CT molecular complexity index is 800. The maximum Gasteiger partial charge on any atom is 0.221 e. The van der Waals surface area contributed by atoms with Crippen LogP contribution in [0.2, 0.25) is 0 Å². The number of hydrogen-bond acceptors (Lipinski definition) is 3. The van der Waals surface area contributed by atoms with Gasteiger partial charge in [-0.2, -0.15) is 0 Å². The van der Waals surface area contributed by atoms with E-state index in [0.29, 0.717) is 11.3 Å². The Balaban J connectivity index is 2.15. The summed E-state index contributed by atoms with van der Waals surface area (Å²) in [5.41, 5.74) is 9.92. The molecular weight excluding hydrogens is 265 g/mol. The average molecular weight is 279 g/mol. The van der Waals surface area contributed by atoms with Crippen LogP contribution in [0.3, 0.4) is 0 Å². The third-order valence-corrected chi connectivity index (χ3v) is 3.28. The summed E-state index contributed by atoms with van der Waals surface area (Å²) in [4.78, 5) is 8.49. The summed E-state index contributed by atoms with van der Waals surface area (Å²) < 4.78 is 13.4. The molecule has 21 heavy (non-hydrogen) atoms. The number of aromatic nitrogens is 2. The molecule has 0 aliphatic heterocycles. The zero-order valence-corrected chi connectivity index (χ0v) is 11.5. The molecule has 1 heterocycles. The quantitative estimate of drug-likeness (QED) is 0.775. The molecule has 4 heteroatoms. The molecular formula is C17H14FN3. The molecule has 0 saturated heterocycles. The first-order valence-corrected chi connectivity index (χ1v) is 6.60. The number of nitrogen functional groups attached to an aromatic ring is 1. The number of halogens is 1. The maximum absolute atomic E-state index is 13.4. The first-order chi connectivity index (χ1) is 10.1. The van der Waals surface area contributed by atoms with Gasteiger partial charge in [0, 0.05) is 11.1 Å². The van der Waals surface area contributed by atoms with Crippen LogP contribution in [0.25, 0.3) is 22.5 Å². The lowest BCUT2D eigenvalue weighted by atomic mass is 10.0. The van der Waals surface area contributed by atoms with E-state index in [1.54, 1.807) is 12.1 Å². The molecule has 3 rings (SSSR count). The van der Waals surface area contributed by atoms with E-state index in [1.165, 1.54) is 12.1 Å². The van der Waals surface area contributed by atoms with Crippen LogP contribution in [0, 0.1) is 12.7 Å². The smallest absolute Gasteiger partial charge is 0.221 e. The van der Waals surface area contributed by atoms with Gasteiger partial charge in [0.2, 0.25) is 5.95 Å². The number of rotatable bonds is 2. The minimum Gasteiger partial charge on any atom is -0.368 e. The molecule has 1 aromatic heterocycles. The van der Waals surface area contributed by atoms with E-state index in [0.717, 1.165) is 16.8 Å². The highest BCUT2D eigenvalue weighted by Gasteiger charge is 2.09. The second kappa shape index (κ2) is 5.32. The van der Waals surface area contributed by atoms with Crippen molar-refractivity contribution < 1.29 is 4.39 Å². The molecule has 3 aromatic rings. The Morgan fingerprint density at radius 2 is 1.67 bits per heavy atom. The molecule has 2 N–H and O–H groups in total. The van der Waals surface area contributed by atoms with E-state index in [4.69, 9.17) is 5.73 Å². The minimum atomic E-state index is -0.304. The molecule has 0 unspecified atom stereocenters. The number of nitrogens with zero attached hydrogens (tertiary/aromatic N) is 2. The van der Waals surface area contributed by atoms with Gasteiger partial charge in [0.25, 0.3) is 0 Å². The summed E-state index contributed by atoms with van der Waals surface area (Å²) in [7, 11) is 0. The van der Waals surface area contributed by atoms with E-state index >= 15 is 0 Å². The fourth-order valence-electron chi connectivity index (χ4n) is 2.26. The normalized spacial score (nSPS) is 10.6. The molecule has 0 aliphatic rings. The summed E-state index contributed by atoms with van der Waals surface area (Å²) in [5.74, 6) is -0.128. The monoisotopic (exact) mass is 279 g/mol. The van der Waals surface area contributed by atoms with Crippen molar-refractivity contribution >= 4 is 5.95 Å². The summed E-state index contributed by atoms with van der Waals surface area (Å²) in [6, 6.07) is 16.0. The summed E-state index contributed by atoms with van der Waals surface area (Å²) in [5, 5.41) is 0. The fourth-order valence-corrected chi connectivity index (χ4v) is 2.26. The van der Waals surface area contributed by atoms with Crippen LogP contribution < -0.4 is 5.73 Å². The number of aryl methyl sites for hydroxylation is 1. The highest BCUT2D eigenvalue weighted by atomic mass is 19.1. The molecule has 0 bridgehead atoms. The van der Waals surface area contributed by atoms with Gasteiger partial charge in [-0.1, -0.05) is 36.4 Å². The summed E-state index contributed by atoms with van der Waals surface area (Å²) in [6.07, 6.45) is 0. The van der Waals surface area contributed by atoms with Crippen LogP contribution in [0.4, 0.5) is 10.3 Å². The Morgan fingerprint density at radius 1 is 0.905 bits per heavy atom. The Morgan fingerprint density at radius 3 is 2.43 bits per heavy atom. The van der Waals surface area contributed by atoms with E-state index in [1.807, 2.05) is 37.3 Å². The van der Waals surface area contributed by atoms with Crippen LogP contribution in [0.5, 0.6) is 0 Å². The van der Waals surface area contributed by atoms with Crippen molar-refractivity contribution in [2.45, 2.75) is 6.92 Å². The molecule has 0 amide bonds. The molecule has 0 saturated carbocycles. The van der Waals surface area contributed by atoms with Crippen molar-refractivity contribution in [3.63, 3.8) is 0 Å². The Hall–Kier alpha value is -2.75. The van der Waals surface area contributed by atoms with Gasteiger partial charge in [-0.05, 0) is 30.7 Å². The third-order valence-electron chi connectivity index (χ3n) is 3.28. The first-order valence-electron chi connectivity index (χ1n) is 6.60. The van der Waals surface area contributed by atoms with Crippen molar-refractivity contribution in [1.82, 2.24) is 9.97 Å². The predicted molar refractivity (Wildman–Crippen MR) is 82.0 cm³/mol. The lowest BCUT2D eigenvalue weighted by molar-refractivity contribution is 0.628. The molecule has 0 radical (unpaired) electrons. The van der Waals surface area contributed by atoms with Gasteiger partial charge < -0.3 is 5.73 Å². The minimum absolute atomic E-state index is 0.176. The number of nitrogens with two attached hydrogens (primary N) is 1. The largest absolute Gasteiger partial charge is 0.368 e. The predicted octanol–water partition coefficient (Wildman–Crippen LogP) is 3.84. The highest BCUT2D eigenvalue weighted by Crippen LogP contribution is 2.26. The standard InChI is InChI=1S/C17H14FN3/c1-11-5-2-3-8-14(11)16-10-15(20-17(19)21-16)12-6-4-7-13(18)9-12/h2-10H,1H3,(H2,19,20,21). The number of anilines is 1. The molecule has 0 spiro atoms. The maximum atomic E-state index is 13.4. The molecule has 0 atom stereocenters. The van der Waals surface area contributed by atoms with Crippen LogP contribution in [-0.4, -0.2) is 9.97 Å². The van der Waals surface area contributed by atoms with Crippen LogP contribution in [0.1, 0.15) is 5.56 Å². The van der Waals surface area contributed by atoms with Crippen molar-refractivity contribution in [3.8, 4) is 22.5 Å². The molecule has 0 aliphatic carbocycles. The van der Waals surface area contributed by atoms with Crippen molar-refractivity contribution in [2.75, 3.05) is 5.73 Å². The number of benzene rings is 2. The van der Waals surface area contributed by atoms with Crippen molar-refractivity contribution in [3.05, 3.63) is 66.0 Å². The lowest BCUT2D eigenvalue weighted by Crippen LogP contribution is -1.99. The average Bonchev–Trinajstić information content (AvgIpc) is 2.47. The second-order valence-corrected chi connectivity index (χ2v) is 4.82. The van der Waals surface area contributed by atoms with E-state index < -0.39 is 0 Å². The van der Waals surface area contributed by atoms with Crippen molar-refractivity contribution in [1.29, 1.82) is 0 Å². The summed E-state index contributed by atoms with van der Waals surface area (Å²) in [6.45, 7) is 2.01. The van der Waals surface area contributed by atoms with Gasteiger partial charge in [0.15, 0.2) is 0 Å². The summed E-state index contributed by atoms with van der Waals surface area (Å²) >= 11 is 0. The zero-order valence-electron chi connectivity index (χ0n) is 11.5. The van der Waals surface area contributed by atoms with Crippen molar-refractivity contribution in [2.24, 2.45) is 0 Å². The van der Waals surface area contributed by atoms with Gasteiger partial charge in [-0.15, -0.1) is 0 Å². The Kier molecular flexibility index (Phi) is 3.36. The first kappa shape index (κ1) is 13.2. The van der Waals surface area contributed by atoms with E-state index in [2.05, 4.69) is 9.97 Å². The van der Waals surface area contributed by atoms with Gasteiger partial charge in [0.1, 0.15) is 5.82 Å². The molecule has 0 fully saturated rings. The third kappa shape index (κ3) is 2.74. The zero-order chi connectivity index (χ0) is 14.8. The highest BCUT2D eigenvalue weighted by molar-refractivity contribution is 5.71. The second-order valence-electron chi connectivity index (χ2n) is 4.82. The van der Waals surface area contributed by atoms with Gasteiger partial charge in [-0.3, -0.25) is 0 Å². The van der Waals surface area contributed by atoms with Crippen LogP contribution in [-0.2, 0) is 0 Å². The van der Waals surface area contributed by atoms with E-state index in [9.17, 15) is 4.39 Å². The van der Waals surface area contributed by atoms with Gasteiger partial charge >= 0.3 is 0 Å². The molecule has 2 aromatic carbocycles. The van der Waals surface area contributed by atoms with Gasteiger partial charge in [-0.25, -0.2) is 14.4 Å².